The Morgan fingerprint density at radius 2 is 0.864 bits per heavy atom. The zero-order valence-electron chi connectivity index (χ0n) is 15.0. The molecule has 0 aliphatic carbocycles. The van der Waals surface area contributed by atoms with Gasteiger partial charge in [-0.1, -0.05) is 65.2 Å². The Morgan fingerprint density at radius 1 is 0.636 bits per heavy atom. The molecular formula is C16H40N2O3Ti. The fraction of sp³-hybridized carbons (Fsp3) is 1.00. The van der Waals surface area contributed by atoms with Gasteiger partial charge in [-0.15, -0.1) is 0 Å². The molecule has 0 radical (unpaired) electrons. The fourth-order valence-electron chi connectivity index (χ4n) is 1.91. The molecule has 6 heteroatoms. The zero-order valence-corrected chi connectivity index (χ0v) is 16.6. The fourth-order valence-corrected chi connectivity index (χ4v) is 1.91. The van der Waals surface area contributed by atoms with Gasteiger partial charge >= 0.3 is 29.3 Å². The standard InChI is InChI=1S/2C8H19N.3O.Ti/c2*1-2-3-4-5-6-7-8-9;;;;/h2*2-9H2,1H3;;;;/q;;;2*-1;/p+2. The number of rotatable bonds is 12. The summed E-state index contributed by atoms with van der Waals surface area (Å²) < 4.78 is 25.8. The minimum atomic E-state index is -4.08. The molecule has 5 nitrogen and oxygen atoms in total. The van der Waals surface area contributed by atoms with E-state index in [-0.39, 0.29) is 0 Å². The van der Waals surface area contributed by atoms with Crippen LogP contribution in [0, 0.1) is 0 Å². The SMILES string of the molecule is CCCCCCCC[NH3+].CCCCCCCC[NH3+].[O]=[Ti]([O-])[O-]. The van der Waals surface area contributed by atoms with Gasteiger partial charge in [0.2, 0.25) is 0 Å². The first-order chi connectivity index (χ1) is 10.6. The topological polar surface area (TPSA) is 118 Å². The summed E-state index contributed by atoms with van der Waals surface area (Å²) in [4.78, 5) is 0. The van der Waals surface area contributed by atoms with Crippen LogP contribution in [-0.4, -0.2) is 13.1 Å². The van der Waals surface area contributed by atoms with Gasteiger partial charge in [0.15, 0.2) is 0 Å². The van der Waals surface area contributed by atoms with Crippen LogP contribution in [0.25, 0.3) is 0 Å². The van der Waals surface area contributed by atoms with Crippen molar-refractivity contribution in [1.29, 1.82) is 0 Å². The number of quaternary nitrogens is 2. The Morgan fingerprint density at radius 3 is 1.09 bits per heavy atom. The molecular weight excluding hydrogens is 316 g/mol. The predicted octanol–water partition coefficient (Wildman–Crippen LogP) is 0.678. The van der Waals surface area contributed by atoms with E-state index >= 15 is 0 Å². The maximum absolute atomic E-state index is 8.58. The quantitative estimate of drug-likeness (QED) is 0.395. The van der Waals surface area contributed by atoms with Crippen LogP contribution in [0.15, 0.2) is 0 Å². The van der Waals surface area contributed by atoms with E-state index in [4.69, 9.17) is 10.7 Å². The van der Waals surface area contributed by atoms with E-state index in [0.29, 0.717) is 0 Å². The molecule has 0 saturated carbocycles. The summed E-state index contributed by atoms with van der Waals surface area (Å²) in [6.07, 6.45) is 16.7. The van der Waals surface area contributed by atoms with Crippen molar-refractivity contribution >= 4 is 0 Å². The molecule has 136 valence electrons. The molecule has 0 aromatic rings. The van der Waals surface area contributed by atoms with E-state index in [1.807, 2.05) is 0 Å². The normalized spacial score (nSPS) is 9.36. The molecule has 0 unspecified atom stereocenters. The van der Waals surface area contributed by atoms with Gasteiger partial charge in [0.25, 0.3) is 0 Å². The van der Waals surface area contributed by atoms with Crippen LogP contribution in [0.4, 0.5) is 0 Å². The first kappa shape index (κ1) is 27.2. The summed E-state index contributed by atoms with van der Waals surface area (Å²) in [5.74, 6) is 0. The van der Waals surface area contributed by atoms with Crippen LogP contribution >= 0.6 is 0 Å². The van der Waals surface area contributed by atoms with Crippen LogP contribution in [0.1, 0.15) is 90.9 Å². The first-order valence-electron chi connectivity index (χ1n) is 9.03. The van der Waals surface area contributed by atoms with Gasteiger partial charge < -0.3 is 11.5 Å². The molecule has 0 heterocycles. The second kappa shape index (κ2) is 29.4. The molecule has 0 aromatic heterocycles. The molecule has 0 amide bonds. The van der Waals surface area contributed by atoms with E-state index < -0.39 is 18.6 Å². The molecule has 0 rings (SSSR count). The minimum absolute atomic E-state index is 1.12. The van der Waals surface area contributed by atoms with Crippen LogP contribution in [-0.2, 0) is 21.9 Å². The second-order valence-electron chi connectivity index (χ2n) is 5.49. The summed E-state index contributed by atoms with van der Waals surface area (Å²) in [6, 6.07) is 0. The zero-order chi connectivity index (χ0) is 17.5. The molecule has 0 aliphatic rings. The van der Waals surface area contributed by atoms with E-state index in [1.54, 1.807) is 0 Å². The molecule has 0 bridgehead atoms. The van der Waals surface area contributed by atoms with Crippen LogP contribution < -0.4 is 18.8 Å². The summed E-state index contributed by atoms with van der Waals surface area (Å²) in [7, 11) is 0. The van der Waals surface area contributed by atoms with E-state index in [0.717, 1.165) is 13.1 Å². The third-order valence-corrected chi connectivity index (χ3v) is 3.21. The number of hydrogen-bond acceptors (Lipinski definition) is 3. The van der Waals surface area contributed by atoms with Crippen LogP contribution in [0.2, 0.25) is 0 Å². The Hall–Kier alpha value is 0.354. The van der Waals surface area contributed by atoms with Crippen molar-refractivity contribution in [2.75, 3.05) is 13.1 Å². The molecule has 22 heavy (non-hydrogen) atoms. The monoisotopic (exact) mass is 356 g/mol. The van der Waals surface area contributed by atoms with Crippen molar-refractivity contribution in [3.8, 4) is 0 Å². The van der Waals surface area contributed by atoms with Gasteiger partial charge in [-0.05, 0) is 25.7 Å². The van der Waals surface area contributed by atoms with Gasteiger partial charge in [0.05, 0.1) is 13.1 Å². The van der Waals surface area contributed by atoms with Crippen molar-refractivity contribution in [2.24, 2.45) is 0 Å². The molecule has 0 atom stereocenters. The Bertz CT molecular complexity index is 166. The molecule has 0 saturated heterocycles. The number of unbranched alkanes of at least 4 members (excludes halogenated alkanes) is 10. The Labute approximate surface area is 145 Å². The van der Waals surface area contributed by atoms with Crippen LogP contribution in [0.5, 0.6) is 0 Å². The summed E-state index contributed by atoms with van der Waals surface area (Å²) in [6.45, 7) is 6.74. The second-order valence-corrected chi connectivity index (χ2v) is 6.27. The Balaban J connectivity index is -0.000000266. The summed E-state index contributed by atoms with van der Waals surface area (Å²) in [5.41, 5.74) is 7.61. The Kier molecular flexibility index (Phi) is 36.3. The number of hydrogen-bond donors (Lipinski definition) is 2. The third kappa shape index (κ3) is 50.0. The van der Waals surface area contributed by atoms with Gasteiger partial charge in [0, 0.05) is 0 Å². The molecule has 0 spiro atoms. The van der Waals surface area contributed by atoms with Gasteiger partial charge in [-0.3, -0.25) is 0 Å². The summed E-state index contributed by atoms with van der Waals surface area (Å²) in [5, 5.41) is 0. The van der Waals surface area contributed by atoms with Crippen molar-refractivity contribution in [2.45, 2.75) is 90.9 Å². The average molecular weight is 356 g/mol. The van der Waals surface area contributed by atoms with Crippen molar-refractivity contribution in [3.05, 3.63) is 0 Å². The van der Waals surface area contributed by atoms with Gasteiger partial charge in [-0.2, -0.15) is 0 Å². The van der Waals surface area contributed by atoms with E-state index in [2.05, 4.69) is 25.3 Å². The van der Waals surface area contributed by atoms with Crippen LogP contribution in [0.3, 0.4) is 0 Å². The van der Waals surface area contributed by atoms with Gasteiger partial charge in [0.1, 0.15) is 0 Å². The van der Waals surface area contributed by atoms with Crippen molar-refractivity contribution in [3.63, 3.8) is 0 Å². The van der Waals surface area contributed by atoms with Crippen molar-refractivity contribution < 1.29 is 40.8 Å². The third-order valence-electron chi connectivity index (χ3n) is 3.21. The molecule has 6 N–H and O–H groups in total. The maximum atomic E-state index is 8.58. The molecule has 0 fully saturated rings. The van der Waals surface area contributed by atoms with E-state index in [1.165, 1.54) is 77.0 Å². The van der Waals surface area contributed by atoms with Crippen molar-refractivity contribution in [1.82, 2.24) is 0 Å². The predicted molar refractivity (Wildman–Crippen MR) is 82.9 cm³/mol. The van der Waals surface area contributed by atoms with Gasteiger partial charge in [-0.25, -0.2) is 0 Å². The molecule has 0 aromatic carbocycles. The summed E-state index contributed by atoms with van der Waals surface area (Å²) >= 11 is -4.08. The first-order valence-corrected chi connectivity index (χ1v) is 10.9. The van der Waals surface area contributed by atoms with E-state index in [9.17, 15) is 0 Å². The molecule has 0 aliphatic heterocycles. The average Bonchev–Trinajstić information content (AvgIpc) is 2.47.